The molecule has 27 heavy (non-hydrogen) atoms. The van der Waals surface area contributed by atoms with Crippen molar-refractivity contribution in [1.29, 1.82) is 0 Å². The van der Waals surface area contributed by atoms with Gasteiger partial charge >= 0.3 is 0 Å². The predicted octanol–water partition coefficient (Wildman–Crippen LogP) is 2.22. The van der Waals surface area contributed by atoms with Crippen LogP contribution in [0.3, 0.4) is 0 Å². The maximum absolute atomic E-state index is 12.7. The summed E-state index contributed by atoms with van der Waals surface area (Å²) >= 11 is 0. The van der Waals surface area contributed by atoms with Gasteiger partial charge in [-0.2, -0.15) is 0 Å². The Kier molecular flexibility index (Phi) is 6.57. The Bertz CT molecular complexity index is 955. The molecule has 7 nitrogen and oxygen atoms in total. The number of hydrogen-bond donors (Lipinski definition) is 2. The minimum Gasteiger partial charge on any atom is -0.858 e. The zero-order valence-corrected chi connectivity index (χ0v) is 16.2. The smallest absolute Gasteiger partial charge is 0.257 e. The zero-order chi connectivity index (χ0) is 20.0. The molecule has 1 atom stereocenters. The van der Waals surface area contributed by atoms with Crippen LogP contribution in [0.4, 0.5) is 11.4 Å². The lowest BCUT2D eigenvalue weighted by Gasteiger charge is -2.18. The van der Waals surface area contributed by atoms with Crippen LogP contribution >= 0.6 is 0 Å². The second-order valence-electron chi connectivity index (χ2n) is 6.11. The van der Waals surface area contributed by atoms with Crippen LogP contribution in [0, 0.1) is 0 Å². The van der Waals surface area contributed by atoms with Crippen LogP contribution in [0.25, 0.3) is 0 Å². The van der Waals surface area contributed by atoms with E-state index in [1.807, 2.05) is 13.8 Å². The molecule has 0 heterocycles. The van der Waals surface area contributed by atoms with Crippen LogP contribution in [-0.2, 0) is 10.0 Å². The van der Waals surface area contributed by atoms with Crippen molar-refractivity contribution in [3.8, 4) is 0 Å². The topological polar surface area (TPSA) is 111 Å². The normalized spacial score (nSPS) is 13.1. The fourth-order valence-corrected chi connectivity index (χ4v) is 2.88. The monoisotopic (exact) mass is 388 g/mol. The molecular formula is C19H22N3O4S-. The molecule has 2 aromatic rings. The molecule has 0 aliphatic carbocycles. The van der Waals surface area contributed by atoms with Gasteiger partial charge in [-0.25, -0.2) is 8.42 Å². The van der Waals surface area contributed by atoms with Crippen molar-refractivity contribution in [2.45, 2.75) is 26.3 Å². The molecule has 2 aromatic carbocycles. The van der Waals surface area contributed by atoms with Gasteiger partial charge in [0, 0.05) is 17.3 Å². The van der Waals surface area contributed by atoms with E-state index in [1.165, 1.54) is 12.1 Å². The van der Waals surface area contributed by atoms with Crippen LogP contribution in [0.15, 0.2) is 53.5 Å². The quantitative estimate of drug-likeness (QED) is 0.559. The van der Waals surface area contributed by atoms with E-state index in [1.54, 1.807) is 36.4 Å². The number of rotatable bonds is 7. The number of carbonyl (C=O) groups excluding carboxylic acids is 1. The SMILES string of the molecule is CC[C@@H](C)N=C([O-])c1ccccc1NC(=O)c1ccccc1NS(C)(=O)=O. The standard InChI is InChI=1S/C19H23N3O4S/c1-4-13(2)20-18(23)14-9-5-7-11-16(14)21-19(24)15-10-6-8-12-17(15)22-27(3,25)26/h5-13,22H,4H2,1-3H3,(H,20,23)(H,21,24)/p-1/t13-/m1/s1. The fraction of sp³-hybridized carbons (Fsp3) is 0.263. The zero-order valence-electron chi connectivity index (χ0n) is 15.4. The Hall–Kier alpha value is -2.87. The van der Waals surface area contributed by atoms with Crippen molar-refractivity contribution in [3.05, 3.63) is 59.7 Å². The van der Waals surface area contributed by atoms with Gasteiger partial charge in [0.1, 0.15) is 0 Å². The summed E-state index contributed by atoms with van der Waals surface area (Å²) in [5.41, 5.74) is 0.892. The highest BCUT2D eigenvalue weighted by atomic mass is 32.2. The van der Waals surface area contributed by atoms with Crippen molar-refractivity contribution in [2.24, 2.45) is 4.99 Å². The van der Waals surface area contributed by atoms with E-state index in [-0.39, 0.29) is 22.9 Å². The Labute approximate surface area is 159 Å². The minimum absolute atomic E-state index is 0.124. The van der Waals surface area contributed by atoms with Gasteiger partial charge in [0.05, 0.1) is 17.5 Å². The van der Waals surface area contributed by atoms with Crippen LogP contribution < -0.4 is 15.1 Å². The van der Waals surface area contributed by atoms with Crippen molar-refractivity contribution in [1.82, 2.24) is 0 Å². The van der Waals surface area contributed by atoms with Gasteiger partial charge in [-0.3, -0.25) is 14.5 Å². The van der Waals surface area contributed by atoms with E-state index in [9.17, 15) is 18.3 Å². The average molecular weight is 388 g/mol. The van der Waals surface area contributed by atoms with Gasteiger partial charge in [0.15, 0.2) is 0 Å². The van der Waals surface area contributed by atoms with Crippen molar-refractivity contribution in [3.63, 3.8) is 0 Å². The van der Waals surface area contributed by atoms with E-state index in [4.69, 9.17) is 0 Å². The Morgan fingerprint density at radius 1 is 1.07 bits per heavy atom. The first-order chi connectivity index (χ1) is 12.7. The van der Waals surface area contributed by atoms with Gasteiger partial charge in [0.2, 0.25) is 10.0 Å². The number of hydrogen-bond acceptors (Lipinski definition) is 5. The first-order valence-corrected chi connectivity index (χ1v) is 10.3. The van der Waals surface area contributed by atoms with E-state index in [0.29, 0.717) is 5.69 Å². The van der Waals surface area contributed by atoms with Gasteiger partial charge < -0.3 is 10.4 Å². The van der Waals surface area contributed by atoms with E-state index < -0.39 is 21.8 Å². The molecule has 0 aliphatic rings. The third kappa shape index (κ3) is 5.82. The Balaban J connectivity index is 2.34. The summed E-state index contributed by atoms with van der Waals surface area (Å²) < 4.78 is 25.3. The summed E-state index contributed by atoms with van der Waals surface area (Å²) in [6.07, 6.45) is 1.73. The summed E-state index contributed by atoms with van der Waals surface area (Å²) in [4.78, 5) is 16.8. The van der Waals surface area contributed by atoms with E-state index in [2.05, 4.69) is 15.0 Å². The molecule has 0 aromatic heterocycles. The number of nitrogens with one attached hydrogen (secondary N) is 2. The predicted molar refractivity (Wildman–Crippen MR) is 106 cm³/mol. The highest BCUT2D eigenvalue weighted by Gasteiger charge is 2.15. The van der Waals surface area contributed by atoms with Crippen molar-refractivity contribution < 1.29 is 18.3 Å². The van der Waals surface area contributed by atoms with Gasteiger partial charge in [-0.05, 0) is 37.4 Å². The fourth-order valence-electron chi connectivity index (χ4n) is 2.30. The second-order valence-corrected chi connectivity index (χ2v) is 7.86. The summed E-state index contributed by atoms with van der Waals surface area (Å²) in [6, 6.07) is 12.7. The molecule has 2 N–H and O–H groups in total. The number of nitrogens with zero attached hydrogens (tertiary/aromatic N) is 1. The number of aliphatic imine (C=N–C) groups is 1. The second kappa shape index (κ2) is 8.68. The number of para-hydroxylation sites is 2. The van der Waals surface area contributed by atoms with E-state index >= 15 is 0 Å². The van der Waals surface area contributed by atoms with E-state index in [0.717, 1.165) is 12.7 Å². The maximum Gasteiger partial charge on any atom is 0.257 e. The Morgan fingerprint density at radius 3 is 2.22 bits per heavy atom. The molecule has 8 heteroatoms. The lowest BCUT2D eigenvalue weighted by molar-refractivity contribution is -0.213. The van der Waals surface area contributed by atoms with Crippen LogP contribution in [-0.4, -0.2) is 32.5 Å². The van der Waals surface area contributed by atoms with Crippen LogP contribution in [0.5, 0.6) is 0 Å². The molecule has 2 rings (SSSR count). The largest absolute Gasteiger partial charge is 0.858 e. The molecule has 144 valence electrons. The molecule has 0 saturated heterocycles. The van der Waals surface area contributed by atoms with Crippen molar-refractivity contribution >= 4 is 33.2 Å². The summed E-state index contributed by atoms with van der Waals surface area (Å²) in [5, 5.41) is 15.1. The first-order valence-electron chi connectivity index (χ1n) is 8.43. The summed E-state index contributed by atoms with van der Waals surface area (Å²) in [7, 11) is -3.54. The number of sulfonamides is 1. The van der Waals surface area contributed by atoms with Gasteiger partial charge in [-0.15, -0.1) is 0 Å². The number of benzene rings is 2. The molecule has 1 amide bonds. The molecule has 0 radical (unpaired) electrons. The van der Waals surface area contributed by atoms with Crippen molar-refractivity contribution in [2.75, 3.05) is 16.3 Å². The summed E-state index contributed by atoms with van der Waals surface area (Å²) in [6.45, 7) is 3.77. The first kappa shape index (κ1) is 20.4. The Morgan fingerprint density at radius 2 is 1.63 bits per heavy atom. The van der Waals surface area contributed by atoms with Gasteiger partial charge in [-0.1, -0.05) is 37.3 Å². The third-order valence-electron chi connectivity index (χ3n) is 3.80. The molecule has 0 fully saturated rings. The minimum atomic E-state index is -3.54. The lowest BCUT2D eigenvalue weighted by Crippen LogP contribution is -2.24. The number of amides is 1. The summed E-state index contributed by atoms with van der Waals surface area (Å²) in [5.74, 6) is -0.951. The maximum atomic E-state index is 12.7. The highest BCUT2D eigenvalue weighted by molar-refractivity contribution is 7.92. The number of carbonyl (C=O) groups is 1. The molecule has 0 unspecified atom stereocenters. The molecule has 0 spiro atoms. The lowest BCUT2D eigenvalue weighted by atomic mass is 10.1. The average Bonchev–Trinajstić information content (AvgIpc) is 2.61. The van der Waals surface area contributed by atoms with Crippen LogP contribution in [0.2, 0.25) is 0 Å². The highest BCUT2D eigenvalue weighted by Crippen LogP contribution is 2.21. The van der Waals surface area contributed by atoms with Crippen LogP contribution in [0.1, 0.15) is 36.2 Å². The third-order valence-corrected chi connectivity index (χ3v) is 4.39. The molecule has 0 aliphatic heterocycles. The molecule has 0 saturated carbocycles. The molecule has 0 bridgehead atoms. The molecular weight excluding hydrogens is 366 g/mol. The van der Waals surface area contributed by atoms with Gasteiger partial charge in [0.25, 0.3) is 5.91 Å². The number of anilines is 2.